The van der Waals surface area contributed by atoms with E-state index < -0.39 is 0 Å². The SMILES string of the molecule is CCCCCCCCCCCCCCCCCCNC(=O)c1c(C)nn(CC)c1C. The minimum atomic E-state index is 0.0330. The van der Waals surface area contributed by atoms with Gasteiger partial charge in [0.2, 0.25) is 0 Å². The zero-order chi connectivity index (χ0) is 22.0. The number of amides is 1. The topological polar surface area (TPSA) is 46.9 Å². The van der Waals surface area contributed by atoms with E-state index in [1.165, 1.54) is 96.3 Å². The third-order valence-electron chi connectivity index (χ3n) is 6.22. The van der Waals surface area contributed by atoms with Crippen LogP contribution in [0.5, 0.6) is 0 Å². The average Bonchev–Trinajstić information content (AvgIpc) is 3.03. The van der Waals surface area contributed by atoms with Gasteiger partial charge in [0.25, 0.3) is 5.91 Å². The largest absolute Gasteiger partial charge is 0.352 e. The molecule has 174 valence electrons. The van der Waals surface area contributed by atoms with Crippen LogP contribution in [-0.4, -0.2) is 22.2 Å². The first-order chi connectivity index (χ1) is 14.6. The van der Waals surface area contributed by atoms with E-state index in [9.17, 15) is 4.79 Å². The van der Waals surface area contributed by atoms with Crippen molar-refractivity contribution in [2.45, 2.75) is 137 Å². The molecule has 0 aromatic carbocycles. The molecule has 1 amide bonds. The first-order valence-electron chi connectivity index (χ1n) is 12.9. The minimum absolute atomic E-state index is 0.0330. The Bertz CT molecular complexity index is 565. The maximum atomic E-state index is 12.4. The van der Waals surface area contributed by atoms with Gasteiger partial charge in [0.1, 0.15) is 0 Å². The molecule has 0 aliphatic carbocycles. The number of hydrogen-bond donors (Lipinski definition) is 1. The van der Waals surface area contributed by atoms with Gasteiger partial charge < -0.3 is 5.32 Å². The van der Waals surface area contributed by atoms with E-state index >= 15 is 0 Å². The van der Waals surface area contributed by atoms with E-state index in [2.05, 4.69) is 24.3 Å². The number of hydrogen-bond acceptors (Lipinski definition) is 2. The molecule has 1 heterocycles. The molecule has 0 fully saturated rings. The Morgan fingerprint density at radius 1 is 0.733 bits per heavy atom. The number of rotatable bonds is 19. The summed E-state index contributed by atoms with van der Waals surface area (Å²) in [7, 11) is 0. The first-order valence-corrected chi connectivity index (χ1v) is 12.9. The van der Waals surface area contributed by atoms with E-state index in [4.69, 9.17) is 0 Å². The van der Waals surface area contributed by atoms with Gasteiger partial charge >= 0.3 is 0 Å². The van der Waals surface area contributed by atoms with Gasteiger partial charge in [-0.15, -0.1) is 0 Å². The maximum absolute atomic E-state index is 12.4. The van der Waals surface area contributed by atoms with Gasteiger partial charge in [-0.05, 0) is 27.2 Å². The van der Waals surface area contributed by atoms with Crippen LogP contribution >= 0.6 is 0 Å². The predicted molar refractivity (Wildman–Crippen MR) is 129 cm³/mol. The number of nitrogens with zero attached hydrogens (tertiary/aromatic N) is 2. The standard InChI is InChI=1S/C26H49N3O/c1-5-7-8-9-10-11-12-13-14-15-16-17-18-19-20-21-22-27-26(30)25-23(3)28-29(6-2)24(25)4/h5-22H2,1-4H3,(H,27,30). The summed E-state index contributed by atoms with van der Waals surface area (Å²) in [4.78, 5) is 12.4. The van der Waals surface area contributed by atoms with Crippen LogP contribution in [0.2, 0.25) is 0 Å². The molecule has 4 heteroatoms. The van der Waals surface area contributed by atoms with Crippen LogP contribution in [0.1, 0.15) is 138 Å². The number of unbranched alkanes of at least 4 members (excludes halogenated alkanes) is 15. The molecule has 0 aliphatic heterocycles. The molecular weight excluding hydrogens is 370 g/mol. The molecule has 1 rings (SSSR count). The van der Waals surface area contributed by atoms with E-state index in [0.29, 0.717) is 0 Å². The molecule has 0 radical (unpaired) electrons. The lowest BCUT2D eigenvalue weighted by atomic mass is 10.0. The Labute approximate surface area is 186 Å². The molecular formula is C26H49N3O. The second-order valence-electron chi connectivity index (χ2n) is 8.92. The third-order valence-corrected chi connectivity index (χ3v) is 6.22. The van der Waals surface area contributed by atoms with Gasteiger partial charge in [0.05, 0.1) is 11.3 Å². The highest BCUT2D eigenvalue weighted by Gasteiger charge is 2.17. The summed E-state index contributed by atoms with van der Waals surface area (Å²) < 4.78 is 1.90. The quantitative estimate of drug-likeness (QED) is 0.236. The molecule has 0 atom stereocenters. The number of aryl methyl sites for hydroxylation is 2. The predicted octanol–water partition coefficient (Wildman–Crippen LogP) is 7.51. The van der Waals surface area contributed by atoms with Crippen molar-refractivity contribution in [2.24, 2.45) is 0 Å². The highest BCUT2D eigenvalue weighted by Crippen LogP contribution is 2.14. The van der Waals surface area contributed by atoms with Gasteiger partial charge in [-0.3, -0.25) is 9.48 Å². The molecule has 30 heavy (non-hydrogen) atoms. The zero-order valence-electron chi connectivity index (χ0n) is 20.5. The van der Waals surface area contributed by atoms with Crippen LogP contribution in [0.15, 0.2) is 0 Å². The fourth-order valence-electron chi connectivity index (χ4n) is 4.30. The number of carbonyl (C=O) groups is 1. The average molecular weight is 420 g/mol. The fourth-order valence-corrected chi connectivity index (χ4v) is 4.30. The van der Waals surface area contributed by atoms with Crippen molar-refractivity contribution in [3.63, 3.8) is 0 Å². The number of aromatic nitrogens is 2. The molecule has 0 aliphatic rings. The van der Waals surface area contributed by atoms with Crippen LogP contribution < -0.4 is 5.32 Å². The summed E-state index contributed by atoms with van der Waals surface area (Å²) in [5, 5.41) is 7.51. The van der Waals surface area contributed by atoms with Crippen molar-refractivity contribution in [3.05, 3.63) is 17.0 Å². The Kier molecular flexibility index (Phi) is 15.5. The minimum Gasteiger partial charge on any atom is -0.352 e. The summed E-state index contributed by atoms with van der Waals surface area (Å²) in [6.07, 6.45) is 21.9. The lowest BCUT2D eigenvalue weighted by molar-refractivity contribution is 0.0951. The van der Waals surface area contributed by atoms with Gasteiger partial charge in [-0.2, -0.15) is 5.10 Å². The van der Waals surface area contributed by atoms with Gasteiger partial charge in [-0.25, -0.2) is 0 Å². The van der Waals surface area contributed by atoms with E-state index in [1.807, 2.05) is 18.5 Å². The van der Waals surface area contributed by atoms with Crippen molar-refractivity contribution in [3.8, 4) is 0 Å². The Hall–Kier alpha value is -1.32. The fraction of sp³-hybridized carbons (Fsp3) is 0.846. The highest BCUT2D eigenvalue weighted by atomic mass is 16.1. The smallest absolute Gasteiger partial charge is 0.255 e. The Balaban J connectivity index is 1.89. The maximum Gasteiger partial charge on any atom is 0.255 e. The number of carbonyl (C=O) groups excluding carboxylic acids is 1. The van der Waals surface area contributed by atoms with E-state index in [-0.39, 0.29) is 5.91 Å². The molecule has 0 spiro atoms. The molecule has 0 saturated heterocycles. The lowest BCUT2D eigenvalue weighted by Crippen LogP contribution is -2.25. The van der Waals surface area contributed by atoms with Gasteiger partial charge in [0.15, 0.2) is 0 Å². The molecule has 0 unspecified atom stereocenters. The van der Waals surface area contributed by atoms with Crippen molar-refractivity contribution in [1.82, 2.24) is 15.1 Å². The molecule has 4 nitrogen and oxygen atoms in total. The zero-order valence-corrected chi connectivity index (χ0v) is 20.5. The van der Waals surface area contributed by atoms with Crippen LogP contribution in [0.4, 0.5) is 0 Å². The van der Waals surface area contributed by atoms with Gasteiger partial charge in [-0.1, -0.05) is 103 Å². The van der Waals surface area contributed by atoms with E-state index in [0.717, 1.165) is 36.5 Å². The monoisotopic (exact) mass is 419 g/mol. The van der Waals surface area contributed by atoms with Crippen LogP contribution in [0.3, 0.4) is 0 Å². The second kappa shape index (κ2) is 17.4. The van der Waals surface area contributed by atoms with Crippen molar-refractivity contribution in [2.75, 3.05) is 6.54 Å². The third kappa shape index (κ3) is 11.2. The van der Waals surface area contributed by atoms with Crippen molar-refractivity contribution in [1.29, 1.82) is 0 Å². The van der Waals surface area contributed by atoms with E-state index in [1.54, 1.807) is 0 Å². The summed E-state index contributed by atoms with van der Waals surface area (Å²) in [6, 6.07) is 0. The Morgan fingerprint density at radius 2 is 1.17 bits per heavy atom. The van der Waals surface area contributed by atoms with Crippen LogP contribution in [0, 0.1) is 13.8 Å². The van der Waals surface area contributed by atoms with Gasteiger partial charge in [0, 0.05) is 18.8 Å². The highest BCUT2D eigenvalue weighted by molar-refractivity contribution is 5.96. The van der Waals surface area contributed by atoms with Crippen molar-refractivity contribution >= 4 is 5.91 Å². The van der Waals surface area contributed by atoms with Crippen molar-refractivity contribution < 1.29 is 4.79 Å². The molecule has 0 bridgehead atoms. The summed E-state index contributed by atoms with van der Waals surface area (Å²) in [6.45, 7) is 9.81. The normalized spacial score (nSPS) is 11.2. The molecule has 1 aromatic rings. The van der Waals surface area contributed by atoms with Crippen LogP contribution in [0.25, 0.3) is 0 Å². The molecule has 0 saturated carbocycles. The summed E-state index contributed by atoms with van der Waals surface area (Å²) >= 11 is 0. The second-order valence-corrected chi connectivity index (χ2v) is 8.92. The van der Waals surface area contributed by atoms with Crippen LogP contribution in [-0.2, 0) is 6.54 Å². The summed E-state index contributed by atoms with van der Waals surface area (Å²) in [5.74, 6) is 0.0330. The molecule has 1 N–H and O–H groups in total. The Morgan fingerprint density at radius 3 is 1.57 bits per heavy atom. The first kappa shape index (κ1) is 26.7. The number of nitrogens with one attached hydrogen (secondary N) is 1. The lowest BCUT2D eigenvalue weighted by Gasteiger charge is -2.06. The molecule has 1 aromatic heterocycles. The summed E-state index contributed by atoms with van der Waals surface area (Å²) in [5.41, 5.74) is 2.56.